The summed E-state index contributed by atoms with van der Waals surface area (Å²) in [6.45, 7) is 0. The first kappa shape index (κ1) is 533. The van der Waals surface area contributed by atoms with Gasteiger partial charge in [-0.1, -0.05) is 0 Å². The van der Waals surface area contributed by atoms with Crippen molar-refractivity contribution in [2.45, 2.75) is 0 Å². The van der Waals surface area contributed by atoms with Crippen LogP contribution in [0.1, 0.15) is 0 Å². The molecule has 30 heavy (non-hydrogen) atoms. The fraction of sp³-hybridized carbons (Fsp3) is 0. The second-order valence-electron chi connectivity index (χ2n) is 0. The van der Waals surface area contributed by atoms with Gasteiger partial charge in [-0.25, -0.2) is 0 Å². The topological polar surface area (TPSA) is 665 Å². The fourth-order valence-electron chi connectivity index (χ4n) is 0. The summed E-state index contributed by atoms with van der Waals surface area (Å²) in [5.41, 5.74) is 0. The Labute approximate surface area is 245 Å². The maximum absolute atomic E-state index is 9.55. The average molecular weight is 1050 g/mol. The number of hydrogen-bond acceptors (Lipinski definition) is 10. The Hall–Kier alpha value is 2.94. The van der Waals surface area contributed by atoms with Crippen molar-refractivity contribution in [1.82, 2.24) is 61.5 Å². The SMILES string of the molecule is N.N.N.N.N.N.N.N.N.N.O.O.O.O.O.O.O.O.O.O.[F][Sb].[F][Sb].[F][Sb].[F][Sb].[F][Sb]. The molecule has 220 valence electrons. The van der Waals surface area contributed by atoms with Gasteiger partial charge in [-0.2, -0.15) is 0 Å². The molecule has 0 unspecified atom stereocenters. The van der Waals surface area contributed by atoms with Crippen LogP contribution in [-0.2, 0) is 0 Å². The summed E-state index contributed by atoms with van der Waals surface area (Å²) in [7, 11) is 0. The van der Waals surface area contributed by atoms with Gasteiger partial charge < -0.3 is 116 Å². The van der Waals surface area contributed by atoms with E-state index in [1.807, 2.05) is 0 Å². The standard InChI is InChI=1S/5FH.10H3N.10H2O.5Sb/h5*1H;10*1H3;10*1H2;;;;;/q;;;;;;;;;;;;;;;;;;;;;;;;;5*+1/p-5. The molecule has 0 heterocycles. The Kier molecular flexibility index (Phi) is 62800. The van der Waals surface area contributed by atoms with Gasteiger partial charge in [0.15, 0.2) is 0 Å². The Morgan fingerprint density at radius 2 is 0.167 bits per heavy atom. The van der Waals surface area contributed by atoms with E-state index in [2.05, 4.69) is 0 Å². The van der Waals surface area contributed by atoms with Crippen molar-refractivity contribution in [2.24, 2.45) is 0 Å². The first-order valence-corrected chi connectivity index (χ1v) is 5.67. The molecule has 0 aliphatic carbocycles. The van der Waals surface area contributed by atoms with E-state index in [4.69, 9.17) is 0 Å². The molecule has 10 radical (unpaired) electrons. The van der Waals surface area contributed by atoms with E-state index in [0.29, 0.717) is 0 Å². The zero-order valence-electron chi connectivity index (χ0n) is 16.2. The monoisotopic (exact) mass is 1050 g/mol. The van der Waals surface area contributed by atoms with Crippen LogP contribution in [0.15, 0.2) is 0 Å². The van der Waals surface area contributed by atoms with Gasteiger partial charge in [0.05, 0.1) is 0 Å². The second-order valence-corrected chi connectivity index (χ2v) is 0. The van der Waals surface area contributed by atoms with Crippen LogP contribution < -0.4 is 61.5 Å². The number of rotatable bonds is 0. The first-order valence-electron chi connectivity index (χ1n) is 0.845. The van der Waals surface area contributed by atoms with E-state index < -0.39 is 0 Å². The molecule has 0 aliphatic heterocycles. The van der Waals surface area contributed by atoms with Crippen LogP contribution in [0.25, 0.3) is 0 Å². The van der Waals surface area contributed by atoms with E-state index in [1.54, 1.807) is 0 Å². The molecule has 30 heteroatoms. The third-order valence-electron chi connectivity index (χ3n) is 0. The molecule has 0 amide bonds. The van der Waals surface area contributed by atoms with Gasteiger partial charge in [0, 0.05) is 0 Å². The van der Waals surface area contributed by atoms with E-state index in [0.717, 1.165) is 0 Å². The predicted octanol–water partition coefficient (Wildman–Crippen LogP) is -6.43. The van der Waals surface area contributed by atoms with Gasteiger partial charge in [0.2, 0.25) is 0 Å². The Morgan fingerprint density at radius 1 is 0.167 bits per heavy atom. The van der Waals surface area contributed by atoms with Crippen LogP contribution in [0.5, 0.6) is 0 Å². The summed E-state index contributed by atoms with van der Waals surface area (Å²) < 4.78 is 47.8. The van der Waals surface area contributed by atoms with Crippen molar-refractivity contribution >= 4 is 118 Å². The molecule has 0 saturated heterocycles. The van der Waals surface area contributed by atoms with Gasteiger partial charge in [-0.15, -0.1) is 0 Å². The molecule has 0 spiro atoms. The molecule has 0 saturated carbocycles. The fourth-order valence-corrected chi connectivity index (χ4v) is 0. The molecule has 0 rings (SSSR count). The van der Waals surface area contributed by atoms with Gasteiger partial charge in [-0.3, -0.25) is 0 Å². The van der Waals surface area contributed by atoms with Crippen LogP contribution in [0, 0.1) is 0 Å². The van der Waals surface area contributed by atoms with Gasteiger partial charge >= 0.3 is 132 Å². The van der Waals surface area contributed by atoms with E-state index in [-0.39, 0.29) is 234 Å². The van der Waals surface area contributed by atoms with Crippen molar-refractivity contribution in [3.05, 3.63) is 0 Å². The van der Waals surface area contributed by atoms with Crippen molar-refractivity contribution < 1.29 is 68.8 Å². The molecule has 0 bridgehead atoms. The second kappa shape index (κ2) is 3540. The summed E-state index contributed by atoms with van der Waals surface area (Å²) in [5, 5.41) is 0. The number of hydrogen-bond donors (Lipinski definition) is 10. The molecule has 0 aromatic carbocycles. The Bertz CT molecular complexity index is 57.5. The molecule has 0 aromatic heterocycles. The van der Waals surface area contributed by atoms with Crippen LogP contribution in [0.3, 0.4) is 0 Å². The summed E-state index contributed by atoms with van der Waals surface area (Å²) in [5.74, 6) is 0. The van der Waals surface area contributed by atoms with Gasteiger partial charge in [-0.05, 0) is 0 Å². The summed E-state index contributed by atoms with van der Waals surface area (Å²) in [4.78, 5) is 0. The van der Waals surface area contributed by atoms with Crippen molar-refractivity contribution in [3.63, 3.8) is 0 Å². The van der Waals surface area contributed by atoms with Gasteiger partial charge in [0.25, 0.3) is 0 Å². The third kappa shape index (κ3) is 3210. The first-order chi connectivity index (χ1) is 5.00. The van der Waals surface area contributed by atoms with E-state index >= 15 is 0 Å². The Balaban J connectivity index is -0.000000000388. The van der Waals surface area contributed by atoms with Crippen molar-refractivity contribution in [3.8, 4) is 0 Å². The van der Waals surface area contributed by atoms with Crippen molar-refractivity contribution in [1.29, 1.82) is 0 Å². The van der Waals surface area contributed by atoms with Crippen LogP contribution in [0.2, 0.25) is 0 Å². The molecule has 50 N–H and O–H groups in total. The predicted molar refractivity (Wildman–Crippen MR) is 121 cm³/mol. The summed E-state index contributed by atoms with van der Waals surface area (Å²) in [6.07, 6.45) is 0. The van der Waals surface area contributed by atoms with Crippen LogP contribution >= 0.6 is 0 Å². The quantitative estimate of drug-likeness (QED) is 0.0808. The number of halogens is 5. The molecule has 20 nitrogen and oxygen atoms in total. The molecular formula is H50F5N10O10Sb5. The summed E-state index contributed by atoms with van der Waals surface area (Å²) >= 11 is 1.25. The molecular weight excluding hydrogens is 1000 g/mol. The zero-order valence-corrected chi connectivity index (χ0v) is 29.0. The molecule has 0 aromatic rings. The van der Waals surface area contributed by atoms with E-state index in [1.165, 1.54) is 0 Å². The third-order valence-corrected chi connectivity index (χ3v) is 0. The van der Waals surface area contributed by atoms with Crippen LogP contribution in [-0.4, -0.2) is 173 Å². The van der Waals surface area contributed by atoms with Crippen molar-refractivity contribution in [2.75, 3.05) is 0 Å². The average Bonchev–Trinajstić information content (AvgIpc) is 2.20. The minimum atomic E-state index is 0. The van der Waals surface area contributed by atoms with E-state index in [9.17, 15) is 14.1 Å². The van der Waals surface area contributed by atoms with Gasteiger partial charge in [0.1, 0.15) is 0 Å². The molecule has 0 aliphatic rings. The maximum atomic E-state index is 9.55. The normalized spacial score (nSPS) is 1.00. The molecule has 0 atom stereocenters. The van der Waals surface area contributed by atoms with Crippen LogP contribution in [0.4, 0.5) is 14.1 Å². The minimum absolute atomic E-state index is 0. The summed E-state index contributed by atoms with van der Waals surface area (Å²) in [6, 6.07) is 0. The zero-order chi connectivity index (χ0) is 10.0. The molecule has 0 fully saturated rings. The Morgan fingerprint density at radius 3 is 0.167 bits per heavy atom.